The third-order valence-electron chi connectivity index (χ3n) is 2.05. The van der Waals surface area contributed by atoms with E-state index >= 15 is 0 Å². The monoisotopic (exact) mass is 158 g/mol. The van der Waals surface area contributed by atoms with Crippen LogP contribution in [0.1, 0.15) is 39.0 Å². The SMILES string of the molecule is CCCC(CCCCN)NC. The molecular formula is C9H22N2. The molecule has 3 N–H and O–H groups in total. The minimum Gasteiger partial charge on any atom is -0.330 e. The van der Waals surface area contributed by atoms with Crippen molar-refractivity contribution in [1.82, 2.24) is 5.32 Å². The zero-order valence-electron chi connectivity index (χ0n) is 7.90. The summed E-state index contributed by atoms with van der Waals surface area (Å²) in [5, 5.41) is 3.32. The van der Waals surface area contributed by atoms with Gasteiger partial charge >= 0.3 is 0 Å². The van der Waals surface area contributed by atoms with Crippen LogP contribution in [0.4, 0.5) is 0 Å². The molecule has 0 aromatic carbocycles. The molecule has 1 unspecified atom stereocenters. The highest BCUT2D eigenvalue weighted by Crippen LogP contribution is 2.05. The van der Waals surface area contributed by atoms with Crippen molar-refractivity contribution >= 4 is 0 Å². The summed E-state index contributed by atoms with van der Waals surface area (Å²) in [5.74, 6) is 0. The largest absolute Gasteiger partial charge is 0.330 e. The first-order valence-corrected chi connectivity index (χ1v) is 4.72. The average molecular weight is 158 g/mol. The summed E-state index contributed by atoms with van der Waals surface area (Å²) in [7, 11) is 2.04. The Bertz CT molecular complexity index is 74.0. The quantitative estimate of drug-likeness (QED) is 0.551. The molecule has 0 fully saturated rings. The van der Waals surface area contributed by atoms with Gasteiger partial charge in [-0.2, -0.15) is 0 Å². The minimum atomic E-state index is 0.714. The Labute approximate surface area is 70.5 Å². The first-order chi connectivity index (χ1) is 5.35. The normalized spacial score (nSPS) is 13.4. The van der Waals surface area contributed by atoms with E-state index in [-0.39, 0.29) is 0 Å². The van der Waals surface area contributed by atoms with Crippen LogP contribution in [-0.2, 0) is 0 Å². The molecule has 0 radical (unpaired) electrons. The molecule has 0 saturated heterocycles. The van der Waals surface area contributed by atoms with Crippen molar-refractivity contribution in [2.24, 2.45) is 5.73 Å². The predicted molar refractivity (Wildman–Crippen MR) is 50.7 cm³/mol. The van der Waals surface area contributed by atoms with Gasteiger partial charge < -0.3 is 11.1 Å². The molecule has 11 heavy (non-hydrogen) atoms. The van der Waals surface area contributed by atoms with Crippen molar-refractivity contribution in [2.75, 3.05) is 13.6 Å². The Morgan fingerprint density at radius 1 is 1.27 bits per heavy atom. The molecule has 0 aromatic rings. The maximum Gasteiger partial charge on any atom is 0.00639 e. The second kappa shape index (κ2) is 8.02. The van der Waals surface area contributed by atoms with Crippen molar-refractivity contribution < 1.29 is 0 Å². The molecule has 0 amide bonds. The van der Waals surface area contributed by atoms with Crippen molar-refractivity contribution in [3.8, 4) is 0 Å². The van der Waals surface area contributed by atoms with E-state index in [0.29, 0.717) is 6.04 Å². The maximum absolute atomic E-state index is 5.41. The fourth-order valence-electron chi connectivity index (χ4n) is 1.32. The summed E-state index contributed by atoms with van der Waals surface area (Å²) in [6, 6.07) is 0.714. The van der Waals surface area contributed by atoms with E-state index in [9.17, 15) is 0 Å². The first kappa shape index (κ1) is 10.9. The number of rotatable bonds is 7. The average Bonchev–Trinajstić information content (AvgIpc) is 2.03. The van der Waals surface area contributed by atoms with Gasteiger partial charge in [-0.25, -0.2) is 0 Å². The van der Waals surface area contributed by atoms with E-state index < -0.39 is 0 Å². The molecule has 0 heterocycles. The third-order valence-corrected chi connectivity index (χ3v) is 2.05. The highest BCUT2D eigenvalue weighted by Gasteiger charge is 2.02. The van der Waals surface area contributed by atoms with Crippen LogP contribution in [0.5, 0.6) is 0 Å². The molecule has 0 aromatic heterocycles. The van der Waals surface area contributed by atoms with Crippen LogP contribution in [-0.4, -0.2) is 19.6 Å². The lowest BCUT2D eigenvalue weighted by atomic mass is 10.1. The number of hydrogen-bond acceptors (Lipinski definition) is 2. The number of unbranched alkanes of at least 4 members (excludes halogenated alkanes) is 1. The highest BCUT2D eigenvalue weighted by molar-refractivity contribution is 4.63. The lowest BCUT2D eigenvalue weighted by molar-refractivity contribution is 0.464. The predicted octanol–water partition coefficient (Wildman–Crippen LogP) is 1.50. The minimum absolute atomic E-state index is 0.714. The zero-order valence-corrected chi connectivity index (χ0v) is 7.90. The van der Waals surface area contributed by atoms with E-state index in [1.165, 1.54) is 32.1 Å². The molecule has 2 nitrogen and oxygen atoms in total. The van der Waals surface area contributed by atoms with Crippen molar-refractivity contribution in [2.45, 2.75) is 45.1 Å². The molecule has 0 aliphatic rings. The van der Waals surface area contributed by atoms with Crippen LogP contribution in [0.15, 0.2) is 0 Å². The van der Waals surface area contributed by atoms with E-state index in [1.807, 2.05) is 7.05 Å². The van der Waals surface area contributed by atoms with Gasteiger partial charge in [0.15, 0.2) is 0 Å². The molecule has 68 valence electrons. The molecule has 2 heteroatoms. The summed E-state index contributed by atoms with van der Waals surface area (Å²) in [5.41, 5.74) is 5.41. The molecule has 0 bridgehead atoms. The van der Waals surface area contributed by atoms with Gasteiger partial charge in [0.2, 0.25) is 0 Å². The zero-order chi connectivity index (χ0) is 8.53. The van der Waals surface area contributed by atoms with E-state index in [4.69, 9.17) is 5.73 Å². The fraction of sp³-hybridized carbons (Fsp3) is 1.00. The Morgan fingerprint density at radius 2 is 2.00 bits per heavy atom. The molecule has 0 spiro atoms. The number of nitrogens with two attached hydrogens (primary N) is 1. The van der Waals surface area contributed by atoms with Crippen LogP contribution in [0.2, 0.25) is 0 Å². The lowest BCUT2D eigenvalue weighted by Gasteiger charge is -2.14. The van der Waals surface area contributed by atoms with Gasteiger partial charge in [0.25, 0.3) is 0 Å². The molecule has 1 atom stereocenters. The standard InChI is InChI=1S/C9H22N2/c1-3-6-9(11-2)7-4-5-8-10/h9,11H,3-8,10H2,1-2H3. The molecule has 0 saturated carbocycles. The van der Waals surface area contributed by atoms with Gasteiger partial charge in [-0.05, 0) is 32.9 Å². The van der Waals surface area contributed by atoms with Gasteiger partial charge in [-0.1, -0.05) is 19.8 Å². The smallest absolute Gasteiger partial charge is 0.00639 e. The Morgan fingerprint density at radius 3 is 2.45 bits per heavy atom. The highest BCUT2D eigenvalue weighted by atomic mass is 14.9. The summed E-state index contributed by atoms with van der Waals surface area (Å²) in [6.45, 7) is 3.07. The number of hydrogen-bond donors (Lipinski definition) is 2. The molecule has 0 rings (SSSR count). The van der Waals surface area contributed by atoms with Gasteiger partial charge in [0, 0.05) is 6.04 Å². The van der Waals surface area contributed by atoms with Crippen LogP contribution < -0.4 is 11.1 Å². The lowest BCUT2D eigenvalue weighted by Crippen LogP contribution is -2.24. The Kier molecular flexibility index (Phi) is 7.96. The Hall–Kier alpha value is -0.0800. The van der Waals surface area contributed by atoms with E-state index in [0.717, 1.165) is 6.54 Å². The van der Waals surface area contributed by atoms with Crippen LogP contribution in [0, 0.1) is 0 Å². The molecule has 0 aliphatic heterocycles. The summed E-state index contributed by atoms with van der Waals surface area (Å²) in [6.07, 6.45) is 6.28. The fourth-order valence-corrected chi connectivity index (χ4v) is 1.32. The van der Waals surface area contributed by atoms with E-state index in [2.05, 4.69) is 12.2 Å². The van der Waals surface area contributed by atoms with Crippen LogP contribution in [0.3, 0.4) is 0 Å². The van der Waals surface area contributed by atoms with Crippen molar-refractivity contribution in [1.29, 1.82) is 0 Å². The van der Waals surface area contributed by atoms with Gasteiger partial charge in [-0.3, -0.25) is 0 Å². The Balaban J connectivity index is 3.20. The topological polar surface area (TPSA) is 38.0 Å². The van der Waals surface area contributed by atoms with Gasteiger partial charge in [0.1, 0.15) is 0 Å². The van der Waals surface area contributed by atoms with Crippen LogP contribution in [0.25, 0.3) is 0 Å². The van der Waals surface area contributed by atoms with Crippen molar-refractivity contribution in [3.63, 3.8) is 0 Å². The maximum atomic E-state index is 5.41. The first-order valence-electron chi connectivity index (χ1n) is 4.72. The summed E-state index contributed by atoms with van der Waals surface area (Å²) < 4.78 is 0. The van der Waals surface area contributed by atoms with Crippen LogP contribution >= 0.6 is 0 Å². The van der Waals surface area contributed by atoms with Gasteiger partial charge in [-0.15, -0.1) is 0 Å². The summed E-state index contributed by atoms with van der Waals surface area (Å²) in [4.78, 5) is 0. The molecular weight excluding hydrogens is 136 g/mol. The summed E-state index contributed by atoms with van der Waals surface area (Å²) >= 11 is 0. The third kappa shape index (κ3) is 6.32. The van der Waals surface area contributed by atoms with E-state index in [1.54, 1.807) is 0 Å². The molecule has 0 aliphatic carbocycles. The second-order valence-electron chi connectivity index (χ2n) is 3.06. The number of nitrogens with one attached hydrogen (secondary N) is 1. The second-order valence-corrected chi connectivity index (χ2v) is 3.06. The van der Waals surface area contributed by atoms with Gasteiger partial charge in [0.05, 0.1) is 0 Å². The van der Waals surface area contributed by atoms with Crippen molar-refractivity contribution in [3.05, 3.63) is 0 Å².